The molecule has 2 rings (SSSR count). The van der Waals surface area contributed by atoms with Crippen molar-refractivity contribution in [2.75, 3.05) is 6.54 Å². The molecular formula is C14H17ClFNO. The lowest BCUT2D eigenvalue weighted by Crippen LogP contribution is -2.12. The Balaban J connectivity index is 0.00000162. The summed E-state index contributed by atoms with van der Waals surface area (Å²) in [6.07, 6.45) is 1.10. The number of benzene rings is 1. The molecule has 0 atom stereocenters. The van der Waals surface area contributed by atoms with Crippen LogP contribution in [0.4, 0.5) is 4.39 Å². The van der Waals surface area contributed by atoms with Crippen molar-refractivity contribution in [3.63, 3.8) is 0 Å². The zero-order chi connectivity index (χ0) is 12.1. The molecule has 0 unspecified atom stereocenters. The zero-order valence-electron chi connectivity index (χ0n) is 10.3. The van der Waals surface area contributed by atoms with Gasteiger partial charge in [0.1, 0.15) is 17.3 Å². The molecule has 0 bridgehead atoms. The van der Waals surface area contributed by atoms with Crippen LogP contribution in [0.5, 0.6) is 0 Å². The molecule has 0 fully saturated rings. The predicted octanol–water partition coefficient (Wildman–Crippen LogP) is 4.01. The van der Waals surface area contributed by atoms with Gasteiger partial charge in [-0.05, 0) is 49.4 Å². The van der Waals surface area contributed by atoms with Gasteiger partial charge in [0.05, 0.1) is 6.54 Å². The third-order valence-electron chi connectivity index (χ3n) is 2.52. The highest BCUT2D eigenvalue weighted by Gasteiger charge is 2.04. The summed E-state index contributed by atoms with van der Waals surface area (Å²) in [6, 6.07) is 10.2. The van der Waals surface area contributed by atoms with E-state index >= 15 is 0 Å². The van der Waals surface area contributed by atoms with Gasteiger partial charge in [0.25, 0.3) is 0 Å². The van der Waals surface area contributed by atoms with Crippen LogP contribution in [-0.2, 0) is 6.54 Å². The molecule has 1 N–H and O–H groups in total. The standard InChI is InChI=1S/C14H16FNO.ClH/c1-2-9-16-10-13-7-8-14(17-13)11-3-5-12(15)6-4-11;/h3-8,16H,2,9-10H2,1H3;1H. The summed E-state index contributed by atoms with van der Waals surface area (Å²) in [5, 5.41) is 3.27. The van der Waals surface area contributed by atoms with Crippen LogP contribution < -0.4 is 5.32 Å². The Hall–Kier alpha value is -1.32. The number of nitrogens with one attached hydrogen (secondary N) is 1. The smallest absolute Gasteiger partial charge is 0.134 e. The monoisotopic (exact) mass is 269 g/mol. The highest BCUT2D eigenvalue weighted by atomic mass is 35.5. The van der Waals surface area contributed by atoms with E-state index in [1.807, 2.05) is 12.1 Å². The maximum atomic E-state index is 12.8. The second-order valence-electron chi connectivity index (χ2n) is 3.95. The maximum Gasteiger partial charge on any atom is 0.134 e. The van der Waals surface area contributed by atoms with Crippen molar-refractivity contribution in [3.05, 3.63) is 48.0 Å². The molecule has 1 heterocycles. The van der Waals surface area contributed by atoms with Crippen molar-refractivity contribution in [2.24, 2.45) is 0 Å². The number of hydrogen-bond acceptors (Lipinski definition) is 2. The first-order valence-corrected chi connectivity index (χ1v) is 5.85. The molecular weight excluding hydrogens is 253 g/mol. The van der Waals surface area contributed by atoms with Crippen molar-refractivity contribution in [3.8, 4) is 11.3 Å². The summed E-state index contributed by atoms with van der Waals surface area (Å²) in [7, 11) is 0. The molecule has 98 valence electrons. The van der Waals surface area contributed by atoms with Crippen LogP contribution in [0.3, 0.4) is 0 Å². The van der Waals surface area contributed by atoms with Gasteiger partial charge in [-0.25, -0.2) is 4.39 Å². The lowest BCUT2D eigenvalue weighted by molar-refractivity contribution is 0.493. The largest absolute Gasteiger partial charge is 0.460 e. The molecule has 0 saturated heterocycles. The Morgan fingerprint density at radius 2 is 1.83 bits per heavy atom. The Morgan fingerprint density at radius 3 is 2.50 bits per heavy atom. The number of halogens is 2. The van der Waals surface area contributed by atoms with Gasteiger partial charge >= 0.3 is 0 Å². The van der Waals surface area contributed by atoms with Gasteiger partial charge in [-0.15, -0.1) is 12.4 Å². The molecule has 0 amide bonds. The second-order valence-corrected chi connectivity index (χ2v) is 3.95. The van der Waals surface area contributed by atoms with Crippen LogP contribution in [0.1, 0.15) is 19.1 Å². The van der Waals surface area contributed by atoms with Gasteiger partial charge in [0.2, 0.25) is 0 Å². The summed E-state index contributed by atoms with van der Waals surface area (Å²) in [5.74, 6) is 1.45. The first-order valence-electron chi connectivity index (χ1n) is 5.85. The van der Waals surface area contributed by atoms with Gasteiger partial charge < -0.3 is 9.73 Å². The molecule has 2 nitrogen and oxygen atoms in total. The Kier molecular flexibility index (Phi) is 5.89. The fourth-order valence-electron chi connectivity index (χ4n) is 1.63. The lowest BCUT2D eigenvalue weighted by atomic mass is 10.2. The van der Waals surface area contributed by atoms with Crippen LogP contribution >= 0.6 is 12.4 Å². The van der Waals surface area contributed by atoms with E-state index in [2.05, 4.69) is 12.2 Å². The van der Waals surface area contributed by atoms with Crippen LogP contribution in [0.15, 0.2) is 40.8 Å². The zero-order valence-corrected chi connectivity index (χ0v) is 11.1. The molecule has 0 spiro atoms. The highest BCUT2D eigenvalue weighted by molar-refractivity contribution is 5.85. The molecule has 0 aliphatic carbocycles. The topological polar surface area (TPSA) is 25.2 Å². The van der Waals surface area contributed by atoms with Crippen molar-refractivity contribution < 1.29 is 8.81 Å². The SMILES string of the molecule is CCCNCc1ccc(-c2ccc(F)cc2)o1.Cl. The quantitative estimate of drug-likeness (QED) is 0.830. The highest BCUT2D eigenvalue weighted by Crippen LogP contribution is 2.22. The Bertz CT molecular complexity index is 467. The van der Waals surface area contributed by atoms with Crippen LogP contribution in [-0.4, -0.2) is 6.54 Å². The van der Waals surface area contributed by atoms with E-state index in [0.29, 0.717) is 0 Å². The van der Waals surface area contributed by atoms with E-state index in [1.54, 1.807) is 12.1 Å². The minimum absolute atomic E-state index is 0. The minimum atomic E-state index is -0.231. The summed E-state index contributed by atoms with van der Waals surface area (Å²) >= 11 is 0. The average molecular weight is 270 g/mol. The fourth-order valence-corrected chi connectivity index (χ4v) is 1.63. The molecule has 0 saturated carbocycles. The Morgan fingerprint density at radius 1 is 1.11 bits per heavy atom. The van der Waals surface area contributed by atoms with Gasteiger partial charge in [-0.2, -0.15) is 0 Å². The van der Waals surface area contributed by atoms with Gasteiger partial charge in [0, 0.05) is 5.56 Å². The summed E-state index contributed by atoms with van der Waals surface area (Å²) in [4.78, 5) is 0. The van der Waals surface area contributed by atoms with Crippen molar-refractivity contribution in [1.29, 1.82) is 0 Å². The van der Waals surface area contributed by atoms with Crippen molar-refractivity contribution in [2.45, 2.75) is 19.9 Å². The summed E-state index contributed by atoms with van der Waals surface area (Å²) in [5.41, 5.74) is 0.896. The van der Waals surface area contributed by atoms with E-state index < -0.39 is 0 Å². The first-order chi connectivity index (χ1) is 8.29. The average Bonchev–Trinajstić information content (AvgIpc) is 2.79. The summed E-state index contributed by atoms with van der Waals surface area (Å²) in [6.45, 7) is 3.83. The van der Waals surface area contributed by atoms with Crippen LogP contribution in [0.2, 0.25) is 0 Å². The number of hydrogen-bond donors (Lipinski definition) is 1. The first kappa shape index (κ1) is 14.7. The van der Waals surface area contributed by atoms with Crippen LogP contribution in [0.25, 0.3) is 11.3 Å². The predicted molar refractivity (Wildman–Crippen MR) is 73.3 cm³/mol. The van der Waals surface area contributed by atoms with Gasteiger partial charge in [-0.3, -0.25) is 0 Å². The molecule has 0 aliphatic rings. The van der Waals surface area contributed by atoms with Crippen molar-refractivity contribution in [1.82, 2.24) is 5.32 Å². The van der Waals surface area contributed by atoms with Crippen molar-refractivity contribution >= 4 is 12.4 Å². The molecule has 2 aromatic rings. The van der Waals surface area contributed by atoms with E-state index in [4.69, 9.17) is 4.42 Å². The van der Waals surface area contributed by atoms with E-state index in [1.165, 1.54) is 12.1 Å². The van der Waals surface area contributed by atoms with E-state index in [-0.39, 0.29) is 18.2 Å². The molecule has 1 aromatic heterocycles. The molecule has 4 heteroatoms. The Labute approximate surface area is 113 Å². The van der Waals surface area contributed by atoms with E-state index in [0.717, 1.165) is 36.6 Å². The van der Waals surface area contributed by atoms with Crippen LogP contribution in [0, 0.1) is 5.82 Å². The maximum absolute atomic E-state index is 12.8. The second kappa shape index (κ2) is 7.19. The third kappa shape index (κ3) is 3.86. The molecule has 0 radical (unpaired) electrons. The van der Waals surface area contributed by atoms with Gasteiger partial charge in [-0.1, -0.05) is 6.92 Å². The molecule has 1 aromatic carbocycles. The van der Waals surface area contributed by atoms with Gasteiger partial charge in [0.15, 0.2) is 0 Å². The lowest BCUT2D eigenvalue weighted by Gasteiger charge is -1.99. The molecule has 0 aliphatic heterocycles. The minimum Gasteiger partial charge on any atom is -0.460 e. The molecule has 18 heavy (non-hydrogen) atoms. The fraction of sp³-hybridized carbons (Fsp3) is 0.286. The van der Waals surface area contributed by atoms with E-state index in [9.17, 15) is 4.39 Å². The summed E-state index contributed by atoms with van der Waals surface area (Å²) < 4.78 is 18.4. The normalized spacial score (nSPS) is 10.1. The number of furan rings is 1. The number of rotatable bonds is 5. The third-order valence-corrected chi connectivity index (χ3v) is 2.52.